The highest BCUT2D eigenvalue weighted by Crippen LogP contribution is 2.22. The van der Waals surface area contributed by atoms with Crippen molar-refractivity contribution < 1.29 is 8.42 Å². The predicted molar refractivity (Wildman–Crippen MR) is 102 cm³/mol. The van der Waals surface area contributed by atoms with Crippen LogP contribution in [-0.2, 0) is 10.0 Å². The highest BCUT2D eigenvalue weighted by molar-refractivity contribution is 7.89. The smallest absolute Gasteiger partial charge is 0.244 e. The molecule has 1 aromatic carbocycles. The van der Waals surface area contributed by atoms with Gasteiger partial charge in [-0.05, 0) is 29.8 Å². The highest BCUT2D eigenvalue weighted by Gasteiger charge is 2.21. The van der Waals surface area contributed by atoms with Gasteiger partial charge in [-0.3, -0.25) is 5.43 Å². The summed E-state index contributed by atoms with van der Waals surface area (Å²) < 4.78 is 26.1. The Hall–Kier alpha value is -1.67. The minimum absolute atomic E-state index is 0.148. The van der Waals surface area contributed by atoms with Gasteiger partial charge in [-0.25, -0.2) is 13.4 Å². The van der Waals surface area contributed by atoms with Crippen molar-refractivity contribution in [2.45, 2.75) is 18.7 Å². The van der Waals surface area contributed by atoms with Crippen molar-refractivity contribution in [1.29, 1.82) is 0 Å². The molecule has 2 aromatic rings. The van der Waals surface area contributed by atoms with E-state index in [9.17, 15) is 8.42 Å². The lowest BCUT2D eigenvalue weighted by atomic mass is 10.2. The van der Waals surface area contributed by atoms with E-state index in [0.29, 0.717) is 29.0 Å². The monoisotopic (exact) mass is 400 g/mol. The Balaban J connectivity index is 2.07. The van der Waals surface area contributed by atoms with Gasteiger partial charge in [0.05, 0.1) is 16.3 Å². The Labute approximate surface area is 157 Å². The number of sulfonamides is 1. The third kappa shape index (κ3) is 4.92. The summed E-state index contributed by atoms with van der Waals surface area (Å²) in [6.07, 6.45) is 2.87. The molecule has 0 bridgehead atoms. The Morgan fingerprint density at radius 2 is 1.88 bits per heavy atom. The van der Waals surface area contributed by atoms with Gasteiger partial charge in [0.2, 0.25) is 10.0 Å². The van der Waals surface area contributed by atoms with E-state index in [2.05, 4.69) is 15.5 Å². The minimum atomic E-state index is -3.51. The molecule has 0 saturated heterocycles. The SMILES string of the molecule is CCN(CC)S(=O)(=O)c1ccc(N/N=C/c2ccc(Cl)c(Cl)c2)nc1. The zero-order chi connectivity index (χ0) is 18.4. The second-order valence-corrected chi connectivity index (χ2v) is 7.76. The maximum absolute atomic E-state index is 12.4. The molecule has 1 heterocycles. The van der Waals surface area contributed by atoms with Gasteiger partial charge < -0.3 is 0 Å². The first-order valence-electron chi connectivity index (χ1n) is 7.58. The van der Waals surface area contributed by atoms with Crippen LogP contribution < -0.4 is 5.43 Å². The number of aromatic nitrogens is 1. The summed E-state index contributed by atoms with van der Waals surface area (Å²) in [5.74, 6) is 0.426. The van der Waals surface area contributed by atoms with Gasteiger partial charge >= 0.3 is 0 Å². The molecule has 0 aliphatic heterocycles. The Morgan fingerprint density at radius 1 is 1.16 bits per heavy atom. The van der Waals surface area contributed by atoms with Crippen molar-refractivity contribution in [3.63, 3.8) is 0 Å². The average Bonchev–Trinajstić information content (AvgIpc) is 2.59. The van der Waals surface area contributed by atoms with Crippen LogP contribution in [0.5, 0.6) is 0 Å². The summed E-state index contributed by atoms with van der Waals surface area (Å²) in [6, 6.07) is 8.19. The standard InChI is InChI=1S/C16H18Cl2N4O2S/c1-3-22(4-2)25(23,24)13-6-8-16(19-11-13)21-20-10-12-5-7-14(17)15(18)9-12/h5-11H,3-4H2,1-2H3,(H,19,21)/b20-10+. The largest absolute Gasteiger partial charge is 0.261 e. The number of hydrogen-bond acceptors (Lipinski definition) is 5. The van der Waals surface area contributed by atoms with Gasteiger partial charge in [0.1, 0.15) is 10.7 Å². The molecule has 0 fully saturated rings. The van der Waals surface area contributed by atoms with Crippen LogP contribution in [-0.4, -0.2) is 37.0 Å². The van der Waals surface area contributed by atoms with Crippen molar-refractivity contribution in [3.8, 4) is 0 Å². The molecule has 0 saturated carbocycles. The molecule has 0 atom stereocenters. The number of benzene rings is 1. The summed E-state index contributed by atoms with van der Waals surface area (Å²) in [6.45, 7) is 4.41. The van der Waals surface area contributed by atoms with Crippen LogP contribution in [0.1, 0.15) is 19.4 Å². The van der Waals surface area contributed by atoms with E-state index in [1.807, 2.05) is 0 Å². The molecule has 1 N–H and O–H groups in total. The molecule has 9 heteroatoms. The van der Waals surface area contributed by atoms with E-state index >= 15 is 0 Å². The van der Waals surface area contributed by atoms with E-state index in [1.54, 1.807) is 44.3 Å². The van der Waals surface area contributed by atoms with E-state index in [0.717, 1.165) is 5.56 Å². The molecular formula is C16H18Cl2N4O2S. The molecule has 0 aliphatic carbocycles. The van der Waals surface area contributed by atoms with Crippen molar-refractivity contribution in [3.05, 3.63) is 52.1 Å². The summed E-state index contributed by atoms with van der Waals surface area (Å²) in [5, 5.41) is 4.95. The first-order chi connectivity index (χ1) is 11.9. The maximum atomic E-state index is 12.4. The fourth-order valence-electron chi connectivity index (χ4n) is 2.08. The first kappa shape index (κ1) is 19.7. The number of nitrogens with one attached hydrogen (secondary N) is 1. The fraction of sp³-hybridized carbons (Fsp3) is 0.250. The van der Waals surface area contributed by atoms with Crippen LogP contribution in [0, 0.1) is 0 Å². The Bertz CT molecular complexity index is 851. The first-order valence-corrected chi connectivity index (χ1v) is 9.78. The Kier molecular flexibility index (Phi) is 6.78. The molecule has 0 amide bonds. The average molecular weight is 401 g/mol. The number of hydrogen-bond donors (Lipinski definition) is 1. The van der Waals surface area contributed by atoms with Crippen LogP contribution in [0.2, 0.25) is 10.0 Å². The number of halogens is 2. The fourth-order valence-corrected chi connectivity index (χ4v) is 3.79. The van der Waals surface area contributed by atoms with Crippen molar-refractivity contribution in [1.82, 2.24) is 9.29 Å². The molecule has 2 rings (SSSR count). The third-order valence-corrected chi connectivity index (χ3v) is 6.19. The molecule has 0 aliphatic rings. The highest BCUT2D eigenvalue weighted by atomic mass is 35.5. The number of rotatable bonds is 7. The normalized spacial score (nSPS) is 12.0. The summed E-state index contributed by atoms with van der Waals surface area (Å²) in [7, 11) is -3.51. The van der Waals surface area contributed by atoms with Crippen LogP contribution in [0.15, 0.2) is 46.5 Å². The van der Waals surface area contributed by atoms with Crippen LogP contribution in [0.3, 0.4) is 0 Å². The Morgan fingerprint density at radius 3 is 2.44 bits per heavy atom. The summed E-state index contributed by atoms with van der Waals surface area (Å²) in [4.78, 5) is 4.23. The molecule has 134 valence electrons. The zero-order valence-electron chi connectivity index (χ0n) is 13.8. The van der Waals surface area contributed by atoms with Crippen LogP contribution in [0.25, 0.3) is 0 Å². The lowest BCUT2D eigenvalue weighted by Gasteiger charge is -2.18. The van der Waals surface area contributed by atoms with Gasteiger partial charge in [0.25, 0.3) is 0 Å². The van der Waals surface area contributed by atoms with Gasteiger partial charge in [-0.15, -0.1) is 0 Å². The third-order valence-electron chi connectivity index (χ3n) is 3.42. The van der Waals surface area contributed by atoms with Gasteiger partial charge in [-0.1, -0.05) is 43.1 Å². The molecular weight excluding hydrogens is 383 g/mol. The minimum Gasteiger partial charge on any atom is -0.261 e. The van der Waals surface area contributed by atoms with E-state index in [1.165, 1.54) is 16.6 Å². The number of pyridine rings is 1. The predicted octanol–water partition coefficient (Wildman–Crippen LogP) is 3.86. The van der Waals surface area contributed by atoms with Crippen molar-refractivity contribution in [2.75, 3.05) is 18.5 Å². The molecule has 25 heavy (non-hydrogen) atoms. The number of anilines is 1. The lowest BCUT2D eigenvalue weighted by molar-refractivity contribution is 0.445. The summed E-state index contributed by atoms with van der Waals surface area (Å²) in [5.41, 5.74) is 3.50. The molecule has 0 unspecified atom stereocenters. The van der Waals surface area contributed by atoms with Crippen molar-refractivity contribution in [2.24, 2.45) is 5.10 Å². The van der Waals surface area contributed by atoms with Crippen LogP contribution in [0.4, 0.5) is 5.82 Å². The second-order valence-electron chi connectivity index (χ2n) is 5.01. The second kappa shape index (κ2) is 8.62. The molecule has 0 radical (unpaired) electrons. The quantitative estimate of drug-likeness (QED) is 0.565. The molecule has 6 nitrogen and oxygen atoms in total. The van der Waals surface area contributed by atoms with Crippen LogP contribution >= 0.6 is 23.2 Å². The van der Waals surface area contributed by atoms with Gasteiger partial charge in [0, 0.05) is 19.3 Å². The van der Waals surface area contributed by atoms with Gasteiger partial charge in [-0.2, -0.15) is 9.41 Å². The lowest BCUT2D eigenvalue weighted by Crippen LogP contribution is -2.30. The zero-order valence-corrected chi connectivity index (χ0v) is 16.1. The van der Waals surface area contributed by atoms with Gasteiger partial charge in [0.15, 0.2) is 0 Å². The van der Waals surface area contributed by atoms with Crippen molar-refractivity contribution >= 4 is 45.3 Å². The number of nitrogens with zero attached hydrogens (tertiary/aromatic N) is 3. The molecule has 0 spiro atoms. The topological polar surface area (TPSA) is 74.7 Å². The van der Waals surface area contributed by atoms with E-state index < -0.39 is 10.0 Å². The van der Waals surface area contributed by atoms with E-state index in [-0.39, 0.29) is 4.90 Å². The maximum Gasteiger partial charge on any atom is 0.244 e. The number of hydrazone groups is 1. The summed E-state index contributed by atoms with van der Waals surface area (Å²) >= 11 is 11.8. The van der Waals surface area contributed by atoms with E-state index in [4.69, 9.17) is 23.2 Å². The molecule has 1 aromatic heterocycles.